The van der Waals surface area contributed by atoms with Gasteiger partial charge in [-0.2, -0.15) is 5.26 Å². The summed E-state index contributed by atoms with van der Waals surface area (Å²) in [6.07, 6.45) is 8.08. The minimum Gasteiger partial charge on any atom is -0.383 e. The predicted molar refractivity (Wildman–Crippen MR) is 109 cm³/mol. The first-order chi connectivity index (χ1) is 13.5. The molecule has 3 aromatic heterocycles. The number of nitrogens with two attached hydrogens (primary N) is 1. The van der Waals surface area contributed by atoms with Crippen LogP contribution in [0.2, 0.25) is 0 Å². The van der Waals surface area contributed by atoms with Gasteiger partial charge < -0.3 is 11.1 Å². The number of nitrogens with zero attached hydrogens (tertiary/aromatic N) is 4. The maximum Gasteiger partial charge on any atom is 0.212 e. The highest BCUT2D eigenvalue weighted by Gasteiger charge is 2.19. The number of nitrogens with one attached hydrogen (secondary N) is 1. The zero-order valence-electron chi connectivity index (χ0n) is 15.9. The Bertz CT molecular complexity index is 1040. The van der Waals surface area contributed by atoms with Crippen LogP contribution in [0.1, 0.15) is 38.2 Å². The van der Waals surface area contributed by atoms with Gasteiger partial charge in [-0.1, -0.05) is 13.8 Å². The summed E-state index contributed by atoms with van der Waals surface area (Å²) in [5.41, 5.74) is 8.96. The number of hydrogen-bond acceptors (Lipinski definition) is 6. The van der Waals surface area contributed by atoms with Crippen LogP contribution in [0.5, 0.6) is 0 Å². The summed E-state index contributed by atoms with van der Waals surface area (Å²) >= 11 is 0. The molecule has 142 valence electrons. The van der Waals surface area contributed by atoms with Gasteiger partial charge in [0.15, 0.2) is 0 Å². The van der Waals surface area contributed by atoms with Crippen molar-refractivity contribution in [2.75, 3.05) is 11.1 Å². The van der Waals surface area contributed by atoms with E-state index in [1.807, 2.05) is 12.1 Å². The highest BCUT2D eigenvalue weighted by atomic mass is 16.1. The normalized spacial score (nSPS) is 12.8. The molecule has 7 nitrogen and oxygen atoms in total. The van der Waals surface area contributed by atoms with E-state index < -0.39 is 0 Å². The average molecular weight is 374 g/mol. The monoisotopic (exact) mass is 374 g/mol. The molecular weight excluding hydrogens is 352 g/mol. The molecule has 28 heavy (non-hydrogen) atoms. The summed E-state index contributed by atoms with van der Waals surface area (Å²) in [5.74, 6) is 1.66. The molecule has 1 fully saturated rings. The standard InChI is InChI=1S/C17H17N5O.C4H5N/c1-10(2)12-3-4-19-7-14(12)15-5-11-6-16(21-9-23)20-8-13(11)17(18)22-15;5-3-4-1-2-4/h3-10H,1-2H3,(H2,18,22)(H,20,21,23);4H,1-2H2. The van der Waals surface area contributed by atoms with Crippen LogP contribution >= 0.6 is 0 Å². The van der Waals surface area contributed by atoms with Crippen molar-refractivity contribution in [3.8, 4) is 17.3 Å². The number of nitrogen functional groups attached to an aromatic ring is 1. The Balaban J connectivity index is 0.000000391. The van der Waals surface area contributed by atoms with Crippen LogP contribution < -0.4 is 11.1 Å². The molecule has 0 aromatic carbocycles. The topological polar surface area (TPSA) is 118 Å². The number of amides is 1. The first-order valence-corrected chi connectivity index (χ1v) is 9.13. The van der Waals surface area contributed by atoms with E-state index in [0.717, 1.165) is 40.4 Å². The molecule has 0 unspecified atom stereocenters. The van der Waals surface area contributed by atoms with Gasteiger partial charge in [0.25, 0.3) is 0 Å². The Morgan fingerprint density at radius 1 is 1.32 bits per heavy atom. The lowest BCUT2D eigenvalue weighted by molar-refractivity contribution is -0.105. The summed E-state index contributed by atoms with van der Waals surface area (Å²) in [5, 5.41) is 12.1. The molecule has 3 heterocycles. The van der Waals surface area contributed by atoms with Crippen LogP contribution in [0.15, 0.2) is 36.8 Å². The van der Waals surface area contributed by atoms with Crippen LogP contribution in [-0.4, -0.2) is 21.4 Å². The van der Waals surface area contributed by atoms with E-state index in [9.17, 15) is 4.79 Å². The third-order valence-electron chi connectivity index (χ3n) is 4.46. The second-order valence-corrected chi connectivity index (χ2v) is 6.97. The van der Waals surface area contributed by atoms with Gasteiger partial charge >= 0.3 is 0 Å². The summed E-state index contributed by atoms with van der Waals surface area (Å²) in [6, 6.07) is 7.84. The van der Waals surface area contributed by atoms with Crippen LogP contribution in [0, 0.1) is 17.2 Å². The van der Waals surface area contributed by atoms with E-state index in [4.69, 9.17) is 11.0 Å². The quantitative estimate of drug-likeness (QED) is 0.669. The van der Waals surface area contributed by atoms with Gasteiger partial charge in [-0.25, -0.2) is 9.97 Å². The molecule has 0 radical (unpaired) electrons. The molecule has 0 aliphatic heterocycles. The maximum absolute atomic E-state index is 10.6. The molecule has 1 aliphatic rings. The maximum atomic E-state index is 10.6. The van der Waals surface area contributed by atoms with E-state index in [1.54, 1.807) is 24.7 Å². The minimum atomic E-state index is 0.344. The van der Waals surface area contributed by atoms with Crippen molar-refractivity contribution in [2.45, 2.75) is 32.6 Å². The van der Waals surface area contributed by atoms with Gasteiger partial charge in [0, 0.05) is 35.5 Å². The Labute approximate surface area is 163 Å². The van der Waals surface area contributed by atoms with Gasteiger partial charge in [0.2, 0.25) is 6.41 Å². The fourth-order valence-electron chi connectivity index (χ4n) is 2.79. The zero-order valence-corrected chi connectivity index (χ0v) is 15.9. The third-order valence-corrected chi connectivity index (χ3v) is 4.46. The van der Waals surface area contributed by atoms with Crippen molar-refractivity contribution in [3.05, 3.63) is 42.4 Å². The molecular formula is C21H22N6O. The molecule has 0 atom stereocenters. The lowest BCUT2D eigenvalue weighted by Crippen LogP contribution is -2.00. The van der Waals surface area contributed by atoms with Crippen molar-refractivity contribution in [1.82, 2.24) is 15.0 Å². The van der Waals surface area contributed by atoms with Gasteiger partial charge in [-0.15, -0.1) is 0 Å². The van der Waals surface area contributed by atoms with Crippen LogP contribution in [0.25, 0.3) is 22.0 Å². The van der Waals surface area contributed by atoms with Crippen LogP contribution in [0.4, 0.5) is 11.6 Å². The van der Waals surface area contributed by atoms with Crippen molar-refractivity contribution in [2.24, 2.45) is 5.92 Å². The van der Waals surface area contributed by atoms with Gasteiger partial charge in [-0.05, 0) is 47.9 Å². The molecule has 1 saturated carbocycles. The number of rotatable bonds is 4. The SMILES string of the molecule is CC(C)c1ccncc1-c1cc2cc(NC=O)ncc2c(N)n1.N#CC1CC1. The number of nitriles is 1. The lowest BCUT2D eigenvalue weighted by Gasteiger charge is -2.13. The first kappa shape index (κ1) is 19.2. The Morgan fingerprint density at radius 2 is 2.11 bits per heavy atom. The highest BCUT2D eigenvalue weighted by molar-refractivity contribution is 5.95. The minimum absolute atomic E-state index is 0.344. The van der Waals surface area contributed by atoms with E-state index in [2.05, 4.69) is 40.2 Å². The Morgan fingerprint density at radius 3 is 2.71 bits per heavy atom. The molecule has 1 aliphatic carbocycles. The van der Waals surface area contributed by atoms with Gasteiger partial charge in [0.1, 0.15) is 11.6 Å². The summed E-state index contributed by atoms with van der Waals surface area (Å²) < 4.78 is 0. The number of hydrogen-bond donors (Lipinski definition) is 2. The fraction of sp³-hybridized carbons (Fsp3) is 0.286. The molecule has 0 saturated heterocycles. The molecule has 0 spiro atoms. The average Bonchev–Trinajstić information content (AvgIpc) is 3.53. The van der Waals surface area contributed by atoms with Crippen molar-refractivity contribution in [3.63, 3.8) is 0 Å². The second kappa shape index (κ2) is 8.44. The Kier molecular flexibility index (Phi) is 5.80. The van der Waals surface area contributed by atoms with Gasteiger partial charge in [0.05, 0.1) is 11.8 Å². The fourth-order valence-corrected chi connectivity index (χ4v) is 2.79. The molecule has 7 heteroatoms. The molecule has 0 bridgehead atoms. The largest absolute Gasteiger partial charge is 0.383 e. The number of carbonyl (C=O) groups excluding carboxylic acids is 1. The number of carbonyl (C=O) groups is 1. The molecule has 4 rings (SSSR count). The number of fused-ring (bicyclic) bond motifs is 1. The lowest BCUT2D eigenvalue weighted by atomic mass is 9.96. The van der Waals surface area contributed by atoms with E-state index in [1.165, 1.54) is 0 Å². The smallest absolute Gasteiger partial charge is 0.212 e. The van der Waals surface area contributed by atoms with Gasteiger partial charge in [-0.3, -0.25) is 9.78 Å². The van der Waals surface area contributed by atoms with E-state index in [-0.39, 0.29) is 0 Å². The second-order valence-electron chi connectivity index (χ2n) is 6.97. The van der Waals surface area contributed by atoms with Crippen molar-refractivity contribution >= 4 is 28.8 Å². The summed E-state index contributed by atoms with van der Waals surface area (Å²) in [7, 11) is 0. The number of anilines is 2. The molecule has 1 amide bonds. The first-order valence-electron chi connectivity index (χ1n) is 9.13. The summed E-state index contributed by atoms with van der Waals surface area (Å²) in [6.45, 7) is 4.25. The zero-order chi connectivity index (χ0) is 20.1. The molecule has 3 aromatic rings. The predicted octanol–water partition coefficient (Wildman–Crippen LogP) is 3.89. The van der Waals surface area contributed by atoms with Crippen LogP contribution in [0.3, 0.4) is 0 Å². The number of aromatic nitrogens is 3. The van der Waals surface area contributed by atoms with Crippen molar-refractivity contribution in [1.29, 1.82) is 5.26 Å². The van der Waals surface area contributed by atoms with E-state index in [0.29, 0.717) is 29.9 Å². The Hall–Kier alpha value is -3.53. The summed E-state index contributed by atoms with van der Waals surface area (Å²) in [4.78, 5) is 23.4. The van der Waals surface area contributed by atoms with E-state index >= 15 is 0 Å². The number of pyridine rings is 3. The highest BCUT2D eigenvalue weighted by Crippen LogP contribution is 2.31. The van der Waals surface area contributed by atoms with Crippen molar-refractivity contribution < 1.29 is 4.79 Å². The van der Waals surface area contributed by atoms with Crippen LogP contribution in [-0.2, 0) is 4.79 Å². The molecule has 3 N–H and O–H groups in total. The third kappa shape index (κ3) is 4.41.